The van der Waals surface area contributed by atoms with Crippen LogP contribution in [0.2, 0.25) is 5.02 Å². The molecular formula is C13H10ClN3O3S. The molecule has 0 saturated heterocycles. The van der Waals surface area contributed by atoms with Gasteiger partial charge in [-0.15, -0.1) is 0 Å². The Hall–Kier alpha value is -2.30. The first-order valence-electron chi connectivity index (χ1n) is 5.75. The summed E-state index contributed by atoms with van der Waals surface area (Å²) in [5.74, 6) is 0. The van der Waals surface area contributed by atoms with E-state index in [2.05, 4.69) is 9.71 Å². The number of nitrogens with one attached hydrogen (secondary N) is 2. The molecule has 0 unspecified atom stereocenters. The zero-order chi connectivity index (χ0) is 15.6. The SMILES string of the molecule is Cc1ccc(C#N)cc1NS(=O)(=O)c1c[nH]c(=O)c(Cl)c1. The third-order valence-electron chi connectivity index (χ3n) is 2.75. The normalized spacial score (nSPS) is 10.9. The van der Waals surface area contributed by atoms with E-state index in [9.17, 15) is 13.2 Å². The number of rotatable bonds is 3. The number of H-pyrrole nitrogens is 1. The highest BCUT2D eigenvalue weighted by molar-refractivity contribution is 7.92. The van der Waals surface area contributed by atoms with Gasteiger partial charge in [-0.3, -0.25) is 9.52 Å². The van der Waals surface area contributed by atoms with Crippen LogP contribution < -0.4 is 10.3 Å². The molecule has 0 fully saturated rings. The monoisotopic (exact) mass is 323 g/mol. The molecule has 6 nitrogen and oxygen atoms in total. The Kier molecular flexibility index (Phi) is 4.02. The molecule has 0 aliphatic rings. The smallest absolute Gasteiger partial charge is 0.266 e. The number of hydrogen-bond acceptors (Lipinski definition) is 4. The van der Waals surface area contributed by atoms with E-state index in [1.54, 1.807) is 19.1 Å². The van der Waals surface area contributed by atoms with Crippen LogP contribution in [0.5, 0.6) is 0 Å². The summed E-state index contributed by atoms with van der Waals surface area (Å²) >= 11 is 5.62. The summed E-state index contributed by atoms with van der Waals surface area (Å²) in [5, 5.41) is 8.63. The van der Waals surface area contributed by atoms with Gasteiger partial charge in [0.25, 0.3) is 15.6 Å². The number of sulfonamides is 1. The van der Waals surface area contributed by atoms with E-state index in [1.165, 1.54) is 6.07 Å². The summed E-state index contributed by atoms with van der Waals surface area (Å²) in [6, 6.07) is 7.65. The van der Waals surface area contributed by atoms with Crippen LogP contribution in [0.25, 0.3) is 0 Å². The number of pyridine rings is 1. The molecular weight excluding hydrogens is 314 g/mol. The zero-order valence-corrected chi connectivity index (χ0v) is 12.4. The molecule has 108 valence electrons. The van der Waals surface area contributed by atoms with Gasteiger partial charge in [0, 0.05) is 6.20 Å². The molecule has 0 amide bonds. The van der Waals surface area contributed by atoms with Crippen LogP contribution in [0.1, 0.15) is 11.1 Å². The fourth-order valence-corrected chi connectivity index (χ4v) is 2.95. The molecule has 1 aromatic heterocycles. The van der Waals surface area contributed by atoms with E-state index < -0.39 is 15.6 Å². The molecule has 0 radical (unpaired) electrons. The minimum atomic E-state index is -3.91. The fraction of sp³-hybridized carbons (Fsp3) is 0.0769. The van der Waals surface area contributed by atoms with Crippen molar-refractivity contribution in [2.75, 3.05) is 4.72 Å². The third-order valence-corrected chi connectivity index (χ3v) is 4.38. The summed E-state index contributed by atoms with van der Waals surface area (Å²) in [7, 11) is -3.91. The maximum atomic E-state index is 12.2. The lowest BCUT2D eigenvalue weighted by atomic mass is 10.1. The van der Waals surface area contributed by atoms with Crippen molar-refractivity contribution in [1.29, 1.82) is 5.26 Å². The highest BCUT2D eigenvalue weighted by Crippen LogP contribution is 2.21. The maximum absolute atomic E-state index is 12.2. The summed E-state index contributed by atoms with van der Waals surface area (Å²) in [5.41, 5.74) is 0.709. The summed E-state index contributed by atoms with van der Waals surface area (Å²) < 4.78 is 26.8. The topological polar surface area (TPSA) is 103 Å². The van der Waals surface area contributed by atoms with Gasteiger partial charge in [0.2, 0.25) is 0 Å². The van der Waals surface area contributed by atoms with Crippen LogP contribution in [-0.4, -0.2) is 13.4 Å². The van der Waals surface area contributed by atoms with E-state index in [1.807, 2.05) is 6.07 Å². The predicted molar refractivity (Wildman–Crippen MR) is 78.8 cm³/mol. The molecule has 1 aromatic carbocycles. The Morgan fingerprint density at radius 1 is 1.33 bits per heavy atom. The largest absolute Gasteiger partial charge is 0.326 e. The first-order chi connectivity index (χ1) is 9.83. The van der Waals surface area contributed by atoms with Crippen molar-refractivity contribution in [2.24, 2.45) is 0 Å². The van der Waals surface area contributed by atoms with Crippen molar-refractivity contribution in [1.82, 2.24) is 4.98 Å². The van der Waals surface area contributed by atoms with Crippen LogP contribution >= 0.6 is 11.6 Å². The van der Waals surface area contributed by atoms with Crippen molar-refractivity contribution in [3.05, 3.63) is 57.0 Å². The molecule has 0 bridgehead atoms. The first kappa shape index (κ1) is 15.1. The van der Waals surface area contributed by atoms with Crippen molar-refractivity contribution in [3.8, 4) is 6.07 Å². The number of hydrogen-bond donors (Lipinski definition) is 2. The van der Waals surface area contributed by atoms with Crippen LogP contribution in [0.15, 0.2) is 40.2 Å². The number of anilines is 1. The van der Waals surface area contributed by atoms with E-state index in [-0.39, 0.29) is 15.6 Å². The van der Waals surface area contributed by atoms with Gasteiger partial charge in [-0.1, -0.05) is 17.7 Å². The Morgan fingerprint density at radius 3 is 2.67 bits per heavy atom. The standard InChI is InChI=1S/C13H10ClN3O3S/c1-8-2-3-9(6-15)4-12(8)17-21(19,20)10-5-11(14)13(18)16-7-10/h2-5,7,17H,1H3,(H,16,18). The minimum absolute atomic E-state index is 0.172. The lowest BCUT2D eigenvalue weighted by Gasteiger charge is -2.10. The number of benzene rings is 1. The van der Waals surface area contributed by atoms with Crippen molar-refractivity contribution in [3.63, 3.8) is 0 Å². The van der Waals surface area contributed by atoms with Gasteiger partial charge in [-0.2, -0.15) is 5.26 Å². The Morgan fingerprint density at radius 2 is 2.05 bits per heavy atom. The van der Waals surface area contributed by atoms with Gasteiger partial charge in [0.1, 0.15) is 9.92 Å². The molecule has 0 saturated carbocycles. The number of aryl methyl sites for hydroxylation is 1. The second kappa shape index (κ2) is 5.60. The average Bonchev–Trinajstić information content (AvgIpc) is 2.44. The molecule has 21 heavy (non-hydrogen) atoms. The predicted octanol–water partition coefficient (Wildman–Crippen LogP) is 2.01. The zero-order valence-electron chi connectivity index (χ0n) is 10.8. The van der Waals surface area contributed by atoms with Gasteiger partial charge in [-0.05, 0) is 30.7 Å². The maximum Gasteiger partial charge on any atom is 0.266 e. The highest BCUT2D eigenvalue weighted by Gasteiger charge is 2.17. The summed E-state index contributed by atoms with van der Waals surface area (Å²) in [4.78, 5) is 13.2. The van der Waals surface area contributed by atoms with E-state index >= 15 is 0 Å². The average molecular weight is 324 g/mol. The molecule has 2 rings (SSSR count). The number of aromatic amines is 1. The number of aromatic nitrogens is 1. The highest BCUT2D eigenvalue weighted by atomic mass is 35.5. The van der Waals surface area contributed by atoms with E-state index in [0.29, 0.717) is 11.1 Å². The van der Waals surface area contributed by atoms with Gasteiger partial charge in [0.15, 0.2) is 0 Å². The third kappa shape index (κ3) is 3.24. The van der Waals surface area contributed by atoms with Gasteiger partial charge in [-0.25, -0.2) is 8.42 Å². The lowest BCUT2D eigenvalue weighted by Crippen LogP contribution is -2.16. The van der Waals surface area contributed by atoms with Gasteiger partial charge >= 0.3 is 0 Å². The van der Waals surface area contributed by atoms with Crippen LogP contribution in [0, 0.1) is 18.3 Å². The van der Waals surface area contributed by atoms with Crippen molar-refractivity contribution >= 4 is 27.3 Å². The molecule has 0 atom stereocenters. The summed E-state index contributed by atoms with van der Waals surface area (Å²) in [6.07, 6.45) is 1.06. The molecule has 0 spiro atoms. The molecule has 1 heterocycles. The Balaban J connectivity index is 2.44. The second-order valence-corrected chi connectivity index (χ2v) is 6.35. The minimum Gasteiger partial charge on any atom is -0.326 e. The molecule has 2 N–H and O–H groups in total. The lowest BCUT2D eigenvalue weighted by molar-refractivity contribution is 0.600. The number of halogens is 1. The molecule has 0 aliphatic heterocycles. The van der Waals surface area contributed by atoms with Crippen LogP contribution in [0.3, 0.4) is 0 Å². The Labute approximate surface area is 126 Å². The Bertz CT molecular complexity index is 898. The second-order valence-electron chi connectivity index (χ2n) is 4.26. The van der Waals surface area contributed by atoms with Crippen molar-refractivity contribution < 1.29 is 8.42 Å². The van der Waals surface area contributed by atoms with Gasteiger partial charge in [0.05, 0.1) is 17.3 Å². The first-order valence-corrected chi connectivity index (χ1v) is 7.61. The molecule has 0 aliphatic carbocycles. The van der Waals surface area contributed by atoms with Crippen LogP contribution in [0.4, 0.5) is 5.69 Å². The van der Waals surface area contributed by atoms with E-state index in [0.717, 1.165) is 12.3 Å². The quantitative estimate of drug-likeness (QED) is 0.901. The van der Waals surface area contributed by atoms with E-state index in [4.69, 9.17) is 16.9 Å². The molecule has 2 aromatic rings. The summed E-state index contributed by atoms with van der Waals surface area (Å²) in [6.45, 7) is 1.71. The van der Waals surface area contributed by atoms with Crippen molar-refractivity contribution in [2.45, 2.75) is 11.8 Å². The van der Waals surface area contributed by atoms with Gasteiger partial charge < -0.3 is 4.98 Å². The van der Waals surface area contributed by atoms with Crippen LogP contribution in [-0.2, 0) is 10.0 Å². The number of nitrogens with zero attached hydrogens (tertiary/aromatic N) is 1. The number of nitriles is 1. The fourth-order valence-electron chi connectivity index (χ4n) is 1.60. The molecule has 8 heteroatoms.